The summed E-state index contributed by atoms with van der Waals surface area (Å²) >= 11 is 0. The van der Waals surface area contributed by atoms with Crippen LogP contribution in [0, 0.1) is 0 Å². The van der Waals surface area contributed by atoms with Gasteiger partial charge in [0.25, 0.3) is 0 Å². The van der Waals surface area contributed by atoms with E-state index in [2.05, 4.69) is 0 Å². The smallest absolute Gasteiger partial charge is 0.333 e. The molecule has 21 heavy (non-hydrogen) atoms. The second-order valence-corrected chi connectivity index (χ2v) is 5.39. The number of ether oxygens (including phenoxy) is 1. The third kappa shape index (κ3) is 3.25. The Morgan fingerprint density at radius 2 is 2.14 bits per heavy atom. The Morgan fingerprint density at radius 3 is 2.81 bits per heavy atom. The van der Waals surface area contributed by atoms with E-state index in [0.717, 1.165) is 19.3 Å². The van der Waals surface area contributed by atoms with E-state index >= 15 is 0 Å². The lowest BCUT2D eigenvalue weighted by molar-refractivity contribution is -0.157. The zero-order valence-electron chi connectivity index (χ0n) is 12.6. The lowest BCUT2D eigenvalue weighted by atomic mass is 9.98. The Kier molecular flexibility index (Phi) is 4.98. The van der Waals surface area contributed by atoms with Crippen LogP contribution in [0.4, 0.5) is 0 Å². The SMILES string of the molecule is CCC(=CCN1CC(=O)N2CCCCC2C1=O)C(=O)OC. The second-order valence-electron chi connectivity index (χ2n) is 5.39. The number of carbonyl (C=O) groups is 3. The summed E-state index contributed by atoms with van der Waals surface area (Å²) in [4.78, 5) is 39.3. The van der Waals surface area contributed by atoms with Crippen molar-refractivity contribution in [1.29, 1.82) is 0 Å². The Hall–Kier alpha value is -1.85. The van der Waals surface area contributed by atoms with Gasteiger partial charge in [0.05, 0.1) is 7.11 Å². The fraction of sp³-hybridized carbons (Fsp3) is 0.667. The van der Waals surface area contributed by atoms with Crippen molar-refractivity contribution in [2.45, 2.75) is 38.6 Å². The van der Waals surface area contributed by atoms with Crippen molar-refractivity contribution in [3.8, 4) is 0 Å². The molecule has 0 aromatic carbocycles. The van der Waals surface area contributed by atoms with Crippen LogP contribution in [0.3, 0.4) is 0 Å². The lowest BCUT2D eigenvalue weighted by Gasteiger charge is -2.42. The van der Waals surface area contributed by atoms with Gasteiger partial charge in [0.15, 0.2) is 0 Å². The number of methoxy groups -OCH3 is 1. The molecule has 0 aromatic heterocycles. The molecule has 2 aliphatic heterocycles. The summed E-state index contributed by atoms with van der Waals surface area (Å²) in [5, 5.41) is 0. The topological polar surface area (TPSA) is 66.9 Å². The molecule has 6 nitrogen and oxygen atoms in total. The molecule has 0 radical (unpaired) electrons. The summed E-state index contributed by atoms with van der Waals surface area (Å²) in [6.45, 7) is 2.92. The van der Waals surface area contributed by atoms with Gasteiger partial charge in [-0.25, -0.2) is 4.79 Å². The highest BCUT2D eigenvalue weighted by Crippen LogP contribution is 2.23. The fourth-order valence-corrected chi connectivity index (χ4v) is 2.91. The van der Waals surface area contributed by atoms with Gasteiger partial charge >= 0.3 is 5.97 Å². The minimum Gasteiger partial charge on any atom is -0.466 e. The maximum Gasteiger partial charge on any atom is 0.333 e. The zero-order valence-corrected chi connectivity index (χ0v) is 12.6. The average Bonchev–Trinajstić information content (AvgIpc) is 2.52. The number of esters is 1. The first-order valence-electron chi connectivity index (χ1n) is 7.44. The zero-order chi connectivity index (χ0) is 15.4. The standard InChI is InChI=1S/C15H22N2O4/c1-3-11(15(20)21-2)7-9-16-10-13(18)17-8-5-4-6-12(17)14(16)19/h7,12H,3-6,8-10H2,1-2H3. The number of rotatable bonds is 4. The molecule has 2 rings (SSSR count). The molecule has 0 N–H and O–H groups in total. The van der Waals surface area contributed by atoms with Crippen LogP contribution >= 0.6 is 0 Å². The number of piperazine rings is 1. The van der Waals surface area contributed by atoms with Crippen LogP contribution in [0.15, 0.2) is 11.6 Å². The summed E-state index contributed by atoms with van der Waals surface area (Å²) in [5.74, 6) is -0.387. The molecular formula is C15H22N2O4. The highest BCUT2D eigenvalue weighted by atomic mass is 16.5. The molecule has 2 heterocycles. The van der Waals surface area contributed by atoms with E-state index in [0.29, 0.717) is 18.5 Å². The van der Waals surface area contributed by atoms with Crippen molar-refractivity contribution in [2.24, 2.45) is 0 Å². The van der Waals surface area contributed by atoms with E-state index in [4.69, 9.17) is 4.74 Å². The van der Waals surface area contributed by atoms with Crippen molar-refractivity contribution in [2.75, 3.05) is 26.7 Å². The molecule has 0 bridgehead atoms. The molecule has 2 amide bonds. The molecule has 1 unspecified atom stereocenters. The van der Waals surface area contributed by atoms with Gasteiger partial charge < -0.3 is 14.5 Å². The van der Waals surface area contributed by atoms with Gasteiger partial charge in [-0.1, -0.05) is 13.0 Å². The monoisotopic (exact) mass is 294 g/mol. The molecule has 2 saturated heterocycles. The molecule has 116 valence electrons. The number of hydrogen-bond acceptors (Lipinski definition) is 4. The quantitative estimate of drug-likeness (QED) is 0.566. The van der Waals surface area contributed by atoms with Crippen LogP contribution in [0.1, 0.15) is 32.6 Å². The number of piperidine rings is 1. The summed E-state index contributed by atoms with van der Waals surface area (Å²) in [6.07, 6.45) is 4.92. The molecule has 2 aliphatic rings. The Morgan fingerprint density at radius 1 is 1.38 bits per heavy atom. The average molecular weight is 294 g/mol. The molecule has 0 aromatic rings. The summed E-state index contributed by atoms with van der Waals surface area (Å²) in [6, 6.07) is -0.309. The third-order valence-electron chi connectivity index (χ3n) is 4.13. The van der Waals surface area contributed by atoms with Crippen molar-refractivity contribution in [3.05, 3.63) is 11.6 Å². The van der Waals surface area contributed by atoms with Gasteiger partial charge in [-0.15, -0.1) is 0 Å². The van der Waals surface area contributed by atoms with Crippen LogP contribution in [-0.2, 0) is 19.1 Å². The Bertz CT molecular complexity index is 472. The van der Waals surface area contributed by atoms with E-state index in [9.17, 15) is 14.4 Å². The first-order chi connectivity index (χ1) is 10.1. The van der Waals surface area contributed by atoms with E-state index in [-0.39, 0.29) is 36.9 Å². The maximum atomic E-state index is 12.4. The van der Waals surface area contributed by atoms with E-state index in [1.807, 2.05) is 6.92 Å². The van der Waals surface area contributed by atoms with Crippen LogP contribution in [0.2, 0.25) is 0 Å². The fourth-order valence-electron chi connectivity index (χ4n) is 2.91. The molecule has 0 saturated carbocycles. The predicted molar refractivity (Wildman–Crippen MR) is 76.3 cm³/mol. The van der Waals surface area contributed by atoms with Gasteiger partial charge in [0.2, 0.25) is 11.8 Å². The summed E-state index contributed by atoms with van der Waals surface area (Å²) in [5.41, 5.74) is 0.531. The predicted octanol–water partition coefficient (Wildman–Crippen LogP) is 0.719. The normalized spacial score (nSPS) is 23.1. The van der Waals surface area contributed by atoms with Crippen LogP contribution in [0.5, 0.6) is 0 Å². The van der Waals surface area contributed by atoms with Crippen molar-refractivity contribution in [3.63, 3.8) is 0 Å². The highest BCUT2D eigenvalue weighted by molar-refractivity contribution is 5.95. The van der Waals surface area contributed by atoms with Gasteiger partial charge in [-0.05, 0) is 25.7 Å². The van der Waals surface area contributed by atoms with Gasteiger partial charge in [0, 0.05) is 18.7 Å². The van der Waals surface area contributed by atoms with Gasteiger partial charge in [-0.2, -0.15) is 0 Å². The van der Waals surface area contributed by atoms with Crippen molar-refractivity contribution < 1.29 is 19.1 Å². The number of carbonyl (C=O) groups excluding carboxylic acids is 3. The first-order valence-corrected chi connectivity index (χ1v) is 7.44. The minimum atomic E-state index is -0.382. The summed E-state index contributed by atoms with van der Waals surface area (Å²) < 4.78 is 4.69. The van der Waals surface area contributed by atoms with Gasteiger partial charge in [0.1, 0.15) is 12.6 Å². The van der Waals surface area contributed by atoms with Crippen LogP contribution in [0.25, 0.3) is 0 Å². The third-order valence-corrected chi connectivity index (χ3v) is 4.13. The summed E-state index contributed by atoms with van der Waals surface area (Å²) in [7, 11) is 1.33. The second kappa shape index (κ2) is 6.74. The Balaban J connectivity index is 2.06. The lowest BCUT2D eigenvalue weighted by Crippen LogP contribution is -2.61. The van der Waals surface area contributed by atoms with E-state index < -0.39 is 0 Å². The number of amides is 2. The molecule has 0 aliphatic carbocycles. The first kappa shape index (κ1) is 15.5. The Labute approximate surface area is 124 Å². The van der Waals surface area contributed by atoms with Crippen LogP contribution < -0.4 is 0 Å². The molecular weight excluding hydrogens is 272 g/mol. The number of fused-ring (bicyclic) bond motifs is 1. The minimum absolute atomic E-state index is 0.00353. The van der Waals surface area contributed by atoms with Crippen molar-refractivity contribution in [1.82, 2.24) is 9.80 Å². The molecule has 1 atom stereocenters. The van der Waals surface area contributed by atoms with Crippen molar-refractivity contribution >= 4 is 17.8 Å². The van der Waals surface area contributed by atoms with E-state index in [1.54, 1.807) is 11.0 Å². The van der Waals surface area contributed by atoms with Crippen LogP contribution in [-0.4, -0.2) is 60.4 Å². The number of nitrogens with zero attached hydrogens (tertiary/aromatic N) is 2. The molecule has 2 fully saturated rings. The molecule has 0 spiro atoms. The van der Waals surface area contributed by atoms with E-state index in [1.165, 1.54) is 12.0 Å². The maximum absolute atomic E-state index is 12.4. The number of hydrogen-bond donors (Lipinski definition) is 0. The largest absolute Gasteiger partial charge is 0.466 e. The molecule has 6 heteroatoms. The van der Waals surface area contributed by atoms with Gasteiger partial charge in [-0.3, -0.25) is 9.59 Å². The highest BCUT2D eigenvalue weighted by Gasteiger charge is 2.39.